The molecule has 0 spiro atoms. The summed E-state index contributed by atoms with van der Waals surface area (Å²) in [6.07, 6.45) is 7.66. The van der Waals surface area contributed by atoms with Crippen LogP contribution < -0.4 is 0 Å². The zero-order valence-electron chi connectivity index (χ0n) is 12.9. The van der Waals surface area contributed by atoms with Crippen LogP contribution in [0.15, 0.2) is 24.5 Å². The molecule has 4 heterocycles. The summed E-state index contributed by atoms with van der Waals surface area (Å²) >= 11 is 0. The van der Waals surface area contributed by atoms with E-state index in [-0.39, 0.29) is 0 Å². The van der Waals surface area contributed by atoms with E-state index >= 15 is 0 Å². The molecular weight excluding hydrogens is 278 g/mol. The Morgan fingerprint density at radius 3 is 2.86 bits per heavy atom. The normalized spacial score (nSPS) is 30.0. The van der Waals surface area contributed by atoms with Crippen molar-refractivity contribution in [1.82, 2.24) is 14.8 Å². The number of amides is 1. The van der Waals surface area contributed by atoms with Gasteiger partial charge < -0.3 is 9.64 Å². The average molecular weight is 301 g/mol. The molecule has 3 aliphatic heterocycles. The maximum Gasteiger partial charge on any atom is 0.224 e. The molecule has 0 saturated carbocycles. The van der Waals surface area contributed by atoms with Crippen molar-refractivity contribution in [3.8, 4) is 0 Å². The lowest BCUT2D eigenvalue weighted by Gasteiger charge is -2.34. The Balaban J connectivity index is 1.47. The van der Waals surface area contributed by atoms with Gasteiger partial charge in [0.05, 0.1) is 0 Å². The highest BCUT2D eigenvalue weighted by Crippen LogP contribution is 2.36. The van der Waals surface area contributed by atoms with Crippen molar-refractivity contribution in [1.29, 1.82) is 0 Å². The van der Waals surface area contributed by atoms with Crippen molar-refractivity contribution in [3.05, 3.63) is 30.1 Å². The molecular formula is C17H23N3O2. The first kappa shape index (κ1) is 14.2. The molecule has 0 N–H and O–H groups in total. The summed E-state index contributed by atoms with van der Waals surface area (Å²) in [4.78, 5) is 21.3. The summed E-state index contributed by atoms with van der Waals surface area (Å²) in [6.45, 7) is 3.56. The fraction of sp³-hybridized carbons (Fsp3) is 0.647. The minimum absolute atomic E-state index is 0.301. The third-order valence-corrected chi connectivity index (χ3v) is 5.39. The van der Waals surface area contributed by atoms with Crippen LogP contribution in [0, 0.1) is 0 Å². The second-order valence-corrected chi connectivity index (χ2v) is 6.59. The lowest BCUT2D eigenvalue weighted by molar-refractivity contribution is -0.129. The third kappa shape index (κ3) is 2.52. The molecule has 1 aromatic rings. The number of carbonyl (C=O) groups is 1. The predicted octanol–water partition coefficient (Wildman–Crippen LogP) is 1.44. The van der Waals surface area contributed by atoms with Gasteiger partial charge in [-0.3, -0.25) is 14.7 Å². The van der Waals surface area contributed by atoms with Gasteiger partial charge in [-0.2, -0.15) is 0 Å². The van der Waals surface area contributed by atoms with Gasteiger partial charge in [0.2, 0.25) is 5.91 Å². The molecule has 3 aliphatic rings. The van der Waals surface area contributed by atoms with Crippen LogP contribution in [0.25, 0.3) is 0 Å². The summed E-state index contributed by atoms with van der Waals surface area (Å²) < 4.78 is 5.48. The standard InChI is InChI=1S/C17H23N3O2/c21-17-10-16-15(20(17)12-13-2-1-6-18-11-13)3-7-19(16)14-4-8-22-9-5-14/h1-2,6,11,14-16H,3-5,7-10,12H2/t15-,16+/m0/s1. The third-order valence-electron chi connectivity index (χ3n) is 5.39. The number of fused-ring (bicyclic) bond motifs is 1. The maximum absolute atomic E-state index is 12.5. The SMILES string of the molecule is O=C1C[C@@H]2[C@H](CCN2C2CCOCC2)N1Cc1cccnc1. The molecule has 118 valence electrons. The molecule has 0 aromatic carbocycles. The summed E-state index contributed by atoms with van der Waals surface area (Å²) in [6, 6.07) is 5.40. The van der Waals surface area contributed by atoms with Crippen LogP contribution in [0.5, 0.6) is 0 Å². The van der Waals surface area contributed by atoms with Crippen LogP contribution in [0.4, 0.5) is 0 Å². The van der Waals surface area contributed by atoms with Crippen LogP contribution in [0.3, 0.4) is 0 Å². The van der Waals surface area contributed by atoms with Crippen LogP contribution in [-0.4, -0.2) is 58.6 Å². The minimum atomic E-state index is 0.301. The fourth-order valence-electron chi connectivity index (χ4n) is 4.32. The van der Waals surface area contributed by atoms with E-state index in [4.69, 9.17) is 4.74 Å². The number of aromatic nitrogens is 1. The Morgan fingerprint density at radius 2 is 2.09 bits per heavy atom. The molecule has 5 heteroatoms. The van der Waals surface area contributed by atoms with E-state index in [1.54, 1.807) is 6.20 Å². The lowest BCUT2D eigenvalue weighted by atomic mass is 10.0. The van der Waals surface area contributed by atoms with Crippen molar-refractivity contribution in [2.24, 2.45) is 0 Å². The van der Waals surface area contributed by atoms with Crippen LogP contribution in [-0.2, 0) is 16.1 Å². The summed E-state index contributed by atoms with van der Waals surface area (Å²) in [5.74, 6) is 0.301. The van der Waals surface area contributed by atoms with Gasteiger partial charge in [0.25, 0.3) is 0 Å². The van der Waals surface area contributed by atoms with Gasteiger partial charge in [-0.25, -0.2) is 0 Å². The molecule has 3 saturated heterocycles. The molecule has 1 aromatic heterocycles. The Hall–Kier alpha value is -1.46. The first-order valence-corrected chi connectivity index (χ1v) is 8.35. The van der Waals surface area contributed by atoms with E-state index < -0.39 is 0 Å². The van der Waals surface area contributed by atoms with Crippen LogP contribution in [0.1, 0.15) is 31.2 Å². The van der Waals surface area contributed by atoms with Gasteiger partial charge in [-0.1, -0.05) is 6.07 Å². The Labute approximate surface area is 131 Å². The van der Waals surface area contributed by atoms with Gasteiger partial charge in [0.1, 0.15) is 0 Å². The zero-order valence-corrected chi connectivity index (χ0v) is 12.9. The number of rotatable bonds is 3. The number of pyridine rings is 1. The van der Waals surface area contributed by atoms with E-state index in [0.717, 1.165) is 44.6 Å². The summed E-state index contributed by atoms with van der Waals surface area (Å²) in [5, 5.41) is 0. The zero-order chi connectivity index (χ0) is 14.9. The average Bonchev–Trinajstić information content (AvgIpc) is 3.09. The summed E-state index contributed by atoms with van der Waals surface area (Å²) in [5.41, 5.74) is 1.13. The van der Waals surface area contributed by atoms with Crippen LogP contribution in [0.2, 0.25) is 0 Å². The molecule has 0 radical (unpaired) electrons. The van der Waals surface area contributed by atoms with Crippen molar-refractivity contribution >= 4 is 5.91 Å². The highest BCUT2D eigenvalue weighted by Gasteiger charge is 2.48. The van der Waals surface area contributed by atoms with E-state index in [2.05, 4.69) is 20.9 Å². The first-order valence-electron chi connectivity index (χ1n) is 8.35. The fourth-order valence-corrected chi connectivity index (χ4v) is 4.32. The van der Waals surface area contributed by atoms with Gasteiger partial charge >= 0.3 is 0 Å². The molecule has 0 bridgehead atoms. The van der Waals surface area contributed by atoms with Gasteiger partial charge in [-0.15, -0.1) is 0 Å². The second-order valence-electron chi connectivity index (χ2n) is 6.59. The van der Waals surface area contributed by atoms with Gasteiger partial charge in [0, 0.05) is 63.2 Å². The Bertz CT molecular complexity index is 530. The van der Waals surface area contributed by atoms with E-state index in [9.17, 15) is 4.79 Å². The first-order chi connectivity index (χ1) is 10.8. The molecule has 4 rings (SSSR count). The monoisotopic (exact) mass is 301 g/mol. The van der Waals surface area contributed by atoms with Gasteiger partial charge in [-0.05, 0) is 30.9 Å². The highest BCUT2D eigenvalue weighted by molar-refractivity contribution is 5.80. The largest absolute Gasteiger partial charge is 0.381 e. The number of likely N-dealkylation sites (tertiary alicyclic amines) is 2. The minimum Gasteiger partial charge on any atom is -0.381 e. The van der Waals surface area contributed by atoms with Crippen LogP contribution >= 0.6 is 0 Å². The summed E-state index contributed by atoms with van der Waals surface area (Å²) in [7, 11) is 0. The predicted molar refractivity (Wildman–Crippen MR) is 82.1 cm³/mol. The van der Waals surface area contributed by atoms with E-state index in [1.807, 2.05) is 12.3 Å². The molecule has 2 atom stereocenters. The Morgan fingerprint density at radius 1 is 1.23 bits per heavy atom. The van der Waals surface area contributed by atoms with E-state index in [1.165, 1.54) is 0 Å². The number of hydrogen-bond donors (Lipinski definition) is 0. The van der Waals surface area contributed by atoms with Crippen molar-refractivity contribution < 1.29 is 9.53 Å². The molecule has 1 amide bonds. The van der Waals surface area contributed by atoms with Crippen molar-refractivity contribution in [2.75, 3.05) is 19.8 Å². The molecule has 0 unspecified atom stereocenters. The van der Waals surface area contributed by atoms with E-state index in [0.29, 0.717) is 37.0 Å². The Kier molecular flexibility index (Phi) is 3.84. The van der Waals surface area contributed by atoms with Crippen molar-refractivity contribution in [2.45, 2.75) is 50.4 Å². The molecule has 22 heavy (non-hydrogen) atoms. The van der Waals surface area contributed by atoms with Crippen molar-refractivity contribution in [3.63, 3.8) is 0 Å². The number of nitrogens with zero attached hydrogens (tertiary/aromatic N) is 3. The number of carbonyl (C=O) groups excluding carboxylic acids is 1. The number of ether oxygens (including phenoxy) is 1. The second kappa shape index (κ2) is 5.97. The maximum atomic E-state index is 12.5. The topological polar surface area (TPSA) is 45.7 Å². The quantitative estimate of drug-likeness (QED) is 0.847. The number of hydrogen-bond acceptors (Lipinski definition) is 4. The molecule has 0 aliphatic carbocycles. The van der Waals surface area contributed by atoms with Gasteiger partial charge in [0.15, 0.2) is 0 Å². The smallest absolute Gasteiger partial charge is 0.224 e. The molecule has 5 nitrogen and oxygen atoms in total. The molecule has 3 fully saturated rings. The lowest BCUT2D eigenvalue weighted by Crippen LogP contribution is -2.44. The highest BCUT2D eigenvalue weighted by atomic mass is 16.5.